The fraction of sp³-hybridized carbons (Fsp3) is 0.750. The lowest BCUT2D eigenvalue weighted by molar-refractivity contribution is -0.131. The Morgan fingerprint density at radius 2 is 1.89 bits per heavy atom. The van der Waals surface area contributed by atoms with Crippen LogP contribution in [0.15, 0.2) is 4.99 Å². The van der Waals surface area contributed by atoms with Crippen molar-refractivity contribution in [3.05, 3.63) is 0 Å². The predicted molar refractivity (Wildman–Crippen MR) is 100 cm³/mol. The summed E-state index contributed by atoms with van der Waals surface area (Å²) >= 11 is 0. The number of nitrogens with one attached hydrogen (secondary N) is 3. The molecule has 0 radical (unpaired) electrons. The van der Waals surface area contributed by atoms with Gasteiger partial charge in [-0.05, 0) is 25.7 Å². The van der Waals surface area contributed by atoms with Gasteiger partial charge >= 0.3 is 0 Å². The van der Waals surface area contributed by atoms with Crippen molar-refractivity contribution in [3.63, 3.8) is 0 Å². The summed E-state index contributed by atoms with van der Waals surface area (Å²) in [6, 6.07) is -1.36. The van der Waals surface area contributed by atoms with Crippen molar-refractivity contribution in [1.29, 1.82) is 0 Å². The minimum Gasteiger partial charge on any atom is -0.370 e. The molecule has 0 aromatic heterocycles. The van der Waals surface area contributed by atoms with Crippen LogP contribution in [0.1, 0.15) is 33.6 Å². The number of hydrogen-bond donors (Lipinski definition) is 6. The van der Waals surface area contributed by atoms with Gasteiger partial charge in [-0.3, -0.25) is 25.2 Å². The number of Topliss-reactive ketones (excluding diaryl/α,β-unsaturated/α-hetero) is 1. The van der Waals surface area contributed by atoms with Gasteiger partial charge in [0.1, 0.15) is 11.6 Å². The van der Waals surface area contributed by atoms with Crippen molar-refractivity contribution in [2.75, 3.05) is 19.7 Å². The highest BCUT2D eigenvalue weighted by atomic mass is 16.6. The molecule has 1 heterocycles. The molecule has 1 aliphatic rings. The number of rotatable bonds is 12. The molecule has 0 aliphatic carbocycles. The van der Waals surface area contributed by atoms with Crippen molar-refractivity contribution in [2.24, 2.45) is 28.2 Å². The molecule has 3 unspecified atom stereocenters. The number of hydrogen-bond acceptors (Lipinski definition) is 7. The van der Waals surface area contributed by atoms with Crippen molar-refractivity contribution in [3.8, 4) is 0 Å². The second-order valence-corrected chi connectivity index (χ2v) is 7.06. The van der Waals surface area contributed by atoms with E-state index in [9.17, 15) is 14.4 Å². The number of guanidine groups is 1. The van der Waals surface area contributed by atoms with Crippen LogP contribution in [-0.4, -0.2) is 60.9 Å². The van der Waals surface area contributed by atoms with Crippen molar-refractivity contribution in [2.45, 2.75) is 51.3 Å². The molecule has 1 rings (SSSR count). The molecule has 0 spiro atoms. The topological polar surface area (TPSA) is 190 Å². The van der Waals surface area contributed by atoms with E-state index in [1.54, 1.807) is 6.92 Å². The molecular weight excluding hydrogens is 354 g/mol. The number of hydrazine groups is 1. The Hall–Kier alpha value is -2.24. The molecule has 1 fully saturated rings. The van der Waals surface area contributed by atoms with E-state index in [1.165, 1.54) is 0 Å². The highest BCUT2D eigenvalue weighted by molar-refractivity contribution is 5.97. The first kappa shape index (κ1) is 22.8. The quantitative estimate of drug-likeness (QED) is 0.0529. The number of amides is 2. The highest BCUT2D eigenvalue weighted by Gasteiger charge is 2.49. The molecule has 11 heteroatoms. The van der Waals surface area contributed by atoms with E-state index in [1.807, 2.05) is 13.8 Å². The van der Waals surface area contributed by atoms with E-state index in [2.05, 4.69) is 21.1 Å². The molecule has 3 atom stereocenters. The normalized spacial score (nSPS) is 20.5. The number of carbonyl (C=O) groups is 3. The zero-order valence-corrected chi connectivity index (χ0v) is 16.1. The largest absolute Gasteiger partial charge is 0.370 e. The number of nitrogens with two attached hydrogens (primary N) is 3. The summed E-state index contributed by atoms with van der Waals surface area (Å²) in [6.07, 6.45) is 0.858. The summed E-state index contributed by atoms with van der Waals surface area (Å²) in [6.45, 7) is 5.72. The lowest BCUT2D eigenvalue weighted by Crippen LogP contribution is -2.53. The van der Waals surface area contributed by atoms with Gasteiger partial charge in [0.05, 0.1) is 19.2 Å². The summed E-state index contributed by atoms with van der Waals surface area (Å²) in [4.78, 5) is 40.6. The molecule has 11 nitrogen and oxygen atoms in total. The van der Waals surface area contributed by atoms with Crippen LogP contribution < -0.4 is 33.4 Å². The van der Waals surface area contributed by atoms with Crippen LogP contribution in [0.4, 0.5) is 0 Å². The van der Waals surface area contributed by atoms with E-state index >= 15 is 0 Å². The molecule has 2 amide bonds. The predicted octanol–water partition coefficient (Wildman–Crippen LogP) is -2.51. The molecule has 27 heavy (non-hydrogen) atoms. The van der Waals surface area contributed by atoms with Gasteiger partial charge in [0.25, 0.3) is 0 Å². The van der Waals surface area contributed by atoms with Crippen molar-refractivity contribution < 1.29 is 19.1 Å². The Bertz CT molecular complexity index is 571. The zero-order valence-electron chi connectivity index (χ0n) is 16.1. The number of carbonyl (C=O) groups excluding carboxylic acids is 3. The Morgan fingerprint density at radius 3 is 2.37 bits per heavy atom. The van der Waals surface area contributed by atoms with Crippen LogP contribution in [0.2, 0.25) is 0 Å². The zero-order chi connectivity index (χ0) is 20.6. The average Bonchev–Trinajstić information content (AvgIpc) is 3.34. The summed E-state index contributed by atoms with van der Waals surface area (Å²) in [5, 5.41) is 5.15. The minimum atomic E-state index is -0.871. The van der Waals surface area contributed by atoms with E-state index < -0.39 is 29.5 Å². The Morgan fingerprint density at radius 1 is 1.26 bits per heavy atom. The van der Waals surface area contributed by atoms with Gasteiger partial charge in [-0.25, -0.2) is 5.43 Å². The van der Waals surface area contributed by atoms with Crippen molar-refractivity contribution in [1.82, 2.24) is 16.1 Å². The second kappa shape index (κ2) is 10.2. The molecule has 1 aliphatic heterocycles. The second-order valence-electron chi connectivity index (χ2n) is 7.06. The lowest BCUT2D eigenvalue weighted by atomic mass is 9.97. The van der Waals surface area contributed by atoms with Crippen LogP contribution in [0, 0.1) is 5.92 Å². The van der Waals surface area contributed by atoms with E-state index in [0.717, 1.165) is 0 Å². The van der Waals surface area contributed by atoms with Crippen LogP contribution in [-0.2, 0) is 19.1 Å². The molecule has 0 saturated carbocycles. The third kappa shape index (κ3) is 7.49. The maximum atomic E-state index is 12.5. The Labute approximate surface area is 158 Å². The monoisotopic (exact) mass is 385 g/mol. The number of nitrogens with zero attached hydrogens (tertiary/aromatic N) is 1. The van der Waals surface area contributed by atoms with Crippen LogP contribution in [0.25, 0.3) is 0 Å². The molecule has 9 N–H and O–H groups in total. The van der Waals surface area contributed by atoms with Gasteiger partial charge in [-0.1, -0.05) is 13.8 Å². The Kier molecular flexibility index (Phi) is 8.60. The van der Waals surface area contributed by atoms with Gasteiger partial charge in [0, 0.05) is 6.54 Å². The maximum absolute atomic E-state index is 12.5. The van der Waals surface area contributed by atoms with E-state index in [-0.39, 0.29) is 24.2 Å². The molecule has 0 bridgehead atoms. The fourth-order valence-electron chi connectivity index (χ4n) is 2.49. The summed E-state index contributed by atoms with van der Waals surface area (Å²) in [5.74, 6) is 4.18. The minimum absolute atomic E-state index is 0.0321. The molecular formula is C16H31N7O4. The number of epoxide rings is 1. The molecule has 1 saturated heterocycles. The third-order valence-electron chi connectivity index (χ3n) is 4.25. The summed E-state index contributed by atoms with van der Waals surface area (Å²) in [5.41, 5.74) is 12.1. The summed E-state index contributed by atoms with van der Waals surface area (Å²) < 4.78 is 5.18. The van der Waals surface area contributed by atoms with E-state index in [4.69, 9.17) is 22.0 Å². The molecule has 154 valence electrons. The highest BCUT2D eigenvalue weighted by Crippen LogP contribution is 2.29. The SMILES string of the molecule is CC(C)C(NN)C(=O)NCC(=O)NC(CCCN=C(N)N)C(=O)C1(C)CO1. The summed E-state index contributed by atoms with van der Waals surface area (Å²) in [7, 11) is 0. The first-order chi connectivity index (χ1) is 12.6. The van der Waals surface area contributed by atoms with Gasteiger partial charge in [0.2, 0.25) is 11.8 Å². The van der Waals surface area contributed by atoms with Gasteiger partial charge in [0.15, 0.2) is 11.7 Å². The maximum Gasteiger partial charge on any atom is 0.239 e. The third-order valence-corrected chi connectivity index (χ3v) is 4.25. The van der Waals surface area contributed by atoms with Gasteiger partial charge in [-0.2, -0.15) is 0 Å². The van der Waals surface area contributed by atoms with Gasteiger partial charge in [-0.15, -0.1) is 0 Å². The average molecular weight is 385 g/mol. The first-order valence-electron chi connectivity index (χ1n) is 8.87. The molecule has 0 aromatic rings. The Balaban J connectivity index is 2.57. The van der Waals surface area contributed by atoms with Gasteiger partial charge < -0.3 is 26.8 Å². The smallest absolute Gasteiger partial charge is 0.239 e. The standard InChI is InChI=1S/C16H31N7O4/c1-9(2)12(23-19)14(26)21-7-11(24)22-10(5-4-6-20-15(17)18)13(25)16(3)8-27-16/h9-10,12,23H,4-8,19H2,1-3H3,(H,21,26)(H,22,24)(H4,17,18,20). The molecule has 0 aromatic carbocycles. The van der Waals surface area contributed by atoms with Crippen LogP contribution in [0.3, 0.4) is 0 Å². The van der Waals surface area contributed by atoms with E-state index in [0.29, 0.717) is 26.0 Å². The first-order valence-corrected chi connectivity index (χ1v) is 8.87. The fourth-order valence-corrected chi connectivity index (χ4v) is 2.49. The number of aliphatic imine (C=N–C) groups is 1. The lowest BCUT2D eigenvalue weighted by Gasteiger charge is -2.21. The number of ether oxygens (including phenoxy) is 1. The van der Waals surface area contributed by atoms with Crippen LogP contribution in [0.5, 0.6) is 0 Å². The van der Waals surface area contributed by atoms with Crippen LogP contribution >= 0.6 is 0 Å². The number of ketones is 1. The van der Waals surface area contributed by atoms with Crippen molar-refractivity contribution >= 4 is 23.6 Å².